The van der Waals surface area contributed by atoms with Crippen LogP contribution in [0.15, 0.2) is 34.9 Å². The van der Waals surface area contributed by atoms with Gasteiger partial charge < -0.3 is 14.6 Å². The van der Waals surface area contributed by atoms with Crippen molar-refractivity contribution in [1.82, 2.24) is 10.1 Å². The second kappa shape index (κ2) is 15.1. The Morgan fingerprint density at radius 1 is 0.915 bits per heavy atom. The number of para-hydroxylation sites is 1. The molecule has 1 aliphatic heterocycles. The van der Waals surface area contributed by atoms with Gasteiger partial charge in [-0.2, -0.15) is 0 Å². The van der Waals surface area contributed by atoms with Gasteiger partial charge in [-0.3, -0.25) is 14.9 Å². The van der Waals surface area contributed by atoms with E-state index in [1.54, 1.807) is 13.0 Å². The highest BCUT2D eigenvalue weighted by atomic mass is 32.2. The van der Waals surface area contributed by atoms with Crippen molar-refractivity contribution in [3.63, 3.8) is 0 Å². The molecule has 47 heavy (non-hydrogen) atoms. The minimum absolute atomic E-state index is 0.0105. The first-order chi connectivity index (χ1) is 21.7. The molecular weight excluding hydrogens is 665 g/mol. The summed E-state index contributed by atoms with van der Waals surface area (Å²) >= 11 is 1.33. The summed E-state index contributed by atoms with van der Waals surface area (Å²) in [6.45, 7) is 14.9. The van der Waals surface area contributed by atoms with Crippen LogP contribution in [0.1, 0.15) is 80.3 Å². The van der Waals surface area contributed by atoms with Gasteiger partial charge in [0.1, 0.15) is 9.49 Å². The first-order valence-corrected chi connectivity index (χ1v) is 19.8. The highest BCUT2D eigenvalue weighted by molar-refractivity contribution is 7.93. The average molecular weight is 713 g/mol. The van der Waals surface area contributed by atoms with E-state index in [9.17, 15) is 26.4 Å². The predicted octanol–water partition coefficient (Wildman–Crippen LogP) is 5.66. The number of fused-ring (bicyclic) bond motifs is 1. The number of nitrogens with one attached hydrogen (secondary N) is 2. The number of hydrogen-bond donors (Lipinski definition) is 2. The Kier molecular flexibility index (Phi) is 12.4. The van der Waals surface area contributed by atoms with Gasteiger partial charge in [0.15, 0.2) is 24.8 Å². The third kappa shape index (κ3) is 10.1. The predicted molar refractivity (Wildman–Crippen MR) is 186 cm³/mol. The fourth-order valence-electron chi connectivity index (χ4n) is 4.67. The first-order valence-electron chi connectivity index (χ1n) is 15.6. The van der Waals surface area contributed by atoms with Crippen LogP contribution in [0.25, 0.3) is 10.2 Å². The number of amides is 2. The van der Waals surface area contributed by atoms with E-state index < -0.39 is 41.0 Å². The molecule has 0 unspecified atom stereocenters. The van der Waals surface area contributed by atoms with Gasteiger partial charge in [0.05, 0.1) is 27.4 Å². The summed E-state index contributed by atoms with van der Waals surface area (Å²) < 4.78 is 58.2. The molecule has 0 radical (unpaired) electrons. The minimum atomic E-state index is -3.60. The van der Waals surface area contributed by atoms with E-state index in [4.69, 9.17) is 9.26 Å². The SMILES string of the molecule is CC(C)(C(=O)Nc1nc2ccccc2s1)S(=O)(=O)CC1CCOCC1.CCCS(=O)(=O)C(C)(C)C(=O)Nc1cc(CC(C)(C)C)no1. The molecule has 0 aliphatic carbocycles. The number of thiazole rings is 1. The molecule has 4 rings (SSSR count). The quantitative estimate of drug-likeness (QED) is 0.252. The molecule has 1 saturated heterocycles. The fraction of sp³-hybridized carbons (Fsp3) is 0.625. The van der Waals surface area contributed by atoms with E-state index in [1.807, 2.05) is 24.3 Å². The second-order valence-electron chi connectivity index (χ2n) is 14.0. The zero-order chi connectivity index (χ0) is 35.3. The van der Waals surface area contributed by atoms with E-state index in [-0.39, 0.29) is 28.7 Å². The molecule has 1 aromatic carbocycles. The van der Waals surface area contributed by atoms with Crippen molar-refractivity contribution >= 4 is 64.1 Å². The van der Waals surface area contributed by atoms with E-state index >= 15 is 0 Å². The molecular formula is C32H48N4O8S3. The number of aromatic nitrogens is 2. The largest absolute Gasteiger partial charge is 0.381 e. The van der Waals surface area contributed by atoms with E-state index in [1.165, 1.54) is 39.0 Å². The number of benzene rings is 1. The molecule has 2 aromatic heterocycles. The van der Waals surface area contributed by atoms with Crippen molar-refractivity contribution in [2.24, 2.45) is 11.3 Å². The summed E-state index contributed by atoms with van der Waals surface area (Å²) in [6.07, 6.45) is 2.60. The van der Waals surface area contributed by atoms with Crippen LogP contribution < -0.4 is 10.6 Å². The van der Waals surface area contributed by atoms with E-state index in [2.05, 4.69) is 41.5 Å². The summed E-state index contributed by atoms with van der Waals surface area (Å²) in [7, 11) is -7.12. The molecule has 15 heteroatoms. The van der Waals surface area contributed by atoms with E-state index in [0.717, 1.165) is 28.8 Å². The molecule has 12 nitrogen and oxygen atoms in total. The Balaban J connectivity index is 0.000000258. The van der Waals surface area contributed by atoms with Crippen molar-refractivity contribution < 1.29 is 35.7 Å². The Bertz CT molecular complexity index is 1710. The number of nitrogens with zero attached hydrogens (tertiary/aromatic N) is 2. The summed E-state index contributed by atoms with van der Waals surface area (Å²) in [4.78, 5) is 29.3. The number of ether oxygens (including phenoxy) is 1. The van der Waals surface area contributed by atoms with Crippen LogP contribution in [-0.2, 0) is 40.4 Å². The van der Waals surface area contributed by atoms with Crippen LogP contribution in [-0.4, -0.2) is 73.0 Å². The maximum atomic E-state index is 12.8. The average Bonchev–Trinajstić information content (AvgIpc) is 3.58. The molecule has 1 aliphatic rings. The molecule has 2 N–H and O–H groups in total. The van der Waals surface area contributed by atoms with Gasteiger partial charge in [-0.15, -0.1) is 0 Å². The molecule has 0 spiro atoms. The Labute approximate surface area is 282 Å². The highest BCUT2D eigenvalue weighted by Gasteiger charge is 2.43. The molecule has 0 atom stereocenters. The van der Waals surface area contributed by atoms with Crippen molar-refractivity contribution in [1.29, 1.82) is 0 Å². The third-order valence-electron chi connectivity index (χ3n) is 7.94. The second-order valence-corrected chi connectivity index (χ2v) is 20.3. The van der Waals surface area contributed by atoms with Crippen LogP contribution >= 0.6 is 11.3 Å². The summed E-state index contributed by atoms with van der Waals surface area (Å²) in [5.41, 5.74) is 1.55. The van der Waals surface area contributed by atoms with Crippen molar-refractivity contribution in [3.05, 3.63) is 36.0 Å². The fourth-order valence-corrected chi connectivity index (χ4v) is 8.62. The molecule has 262 valence electrons. The highest BCUT2D eigenvalue weighted by Crippen LogP contribution is 2.29. The van der Waals surface area contributed by atoms with Crippen LogP contribution in [0.2, 0.25) is 0 Å². The zero-order valence-electron chi connectivity index (χ0n) is 28.5. The molecule has 0 saturated carbocycles. The lowest BCUT2D eigenvalue weighted by Gasteiger charge is -2.28. The van der Waals surface area contributed by atoms with Gasteiger partial charge >= 0.3 is 0 Å². The summed E-state index contributed by atoms with van der Waals surface area (Å²) in [6, 6.07) is 9.17. The molecule has 0 bridgehead atoms. The summed E-state index contributed by atoms with van der Waals surface area (Å²) in [5.74, 6) is -0.953. The van der Waals surface area contributed by atoms with Gasteiger partial charge in [0, 0.05) is 19.3 Å². The number of sulfone groups is 2. The van der Waals surface area contributed by atoms with Crippen molar-refractivity contribution in [2.75, 3.05) is 35.4 Å². The normalized spacial score (nSPS) is 15.1. The topological polar surface area (TPSA) is 175 Å². The Hall–Kier alpha value is -2.88. The van der Waals surface area contributed by atoms with Crippen molar-refractivity contribution in [3.8, 4) is 0 Å². The molecule has 1 fully saturated rings. The Morgan fingerprint density at radius 3 is 2.11 bits per heavy atom. The van der Waals surface area contributed by atoms with Gasteiger partial charge in [0.2, 0.25) is 17.7 Å². The monoisotopic (exact) mass is 712 g/mol. The standard InChI is InChI=1S/C17H22N2O4S2.C15H26N2O4S/c1-17(2,25(21,22)11-12-7-9-23-10-8-12)15(20)19-16-18-13-5-3-4-6-14(13)24-16;1-7-8-22(19,20)15(5,6)13(18)16-12-9-11(17-21-12)10-14(2,3)4/h3-6,12H,7-11H2,1-2H3,(H,18,19,20);9H,7-8,10H2,1-6H3,(H,16,18). The maximum Gasteiger partial charge on any atom is 0.247 e. The first kappa shape index (κ1) is 38.6. The minimum Gasteiger partial charge on any atom is -0.381 e. The van der Waals surface area contributed by atoms with Crippen LogP contribution in [0.5, 0.6) is 0 Å². The van der Waals surface area contributed by atoms with E-state index in [0.29, 0.717) is 31.2 Å². The van der Waals surface area contributed by atoms with Gasteiger partial charge in [-0.25, -0.2) is 21.8 Å². The van der Waals surface area contributed by atoms with Gasteiger partial charge in [-0.05, 0) is 76.8 Å². The molecule has 3 heterocycles. The lowest BCUT2D eigenvalue weighted by atomic mass is 9.91. The van der Waals surface area contributed by atoms with Gasteiger partial charge in [0.25, 0.3) is 0 Å². The number of carbonyl (C=O) groups is 2. The maximum absolute atomic E-state index is 12.8. The van der Waals surface area contributed by atoms with Crippen LogP contribution in [0.3, 0.4) is 0 Å². The van der Waals surface area contributed by atoms with Gasteiger partial charge in [-0.1, -0.05) is 56.3 Å². The van der Waals surface area contributed by atoms with Crippen LogP contribution in [0.4, 0.5) is 11.0 Å². The smallest absolute Gasteiger partial charge is 0.247 e. The Morgan fingerprint density at radius 2 is 1.51 bits per heavy atom. The lowest BCUT2D eigenvalue weighted by Crippen LogP contribution is -2.47. The number of rotatable bonds is 11. The van der Waals surface area contributed by atoms with Crippen LogP contribution in [0, 0.1) is 11.3 Å². The third-order valence-corrected chi connectivity index (χ3v) is 14.2. The lowest BCUT2D eigenvalue weighted by molar-refractivity contribution is -0.118. The molecule has 2 amide bonds. The zero-order valence-corrected chi connectivity index (χ0v) is 31.0. The number of hydrogen-bond acceptors (Lipinski definition) is 11. The van der Waals surface area contributed by atoms with Crippen molar-refractivity contribution in [2.45, 2.75) is 90.6 Å². The summed E-state index contributed by atoms with van der Waals surface area (Å²) in [5, 5.41) is 9.50. The number of carbonyl (C=O) groups excluding carboxylic acids is 2. The molecule has 3 aromatic rings. The number of anilines is 2.